The van der Waals surface area contributed by atoms with Gasteiger partial charge in [-0.05, 0) is 36.8 Å². The lowest BCUT2D eigenvalue weighted by Crippen LogP contribution is -2.10. The summed E-state index contributed by atoms with van der Waals surface area (Å²) in [5.74, 6) is 0.918. The van der Waals surface area contributed by atoms with Gasteiger partial charge in [0.05, 0.1) is 24.2 Å². The van der Waals surface area contributed by atoms with Gasteiger partial charge in [0.25, 0.3) is 0 Å². The summed E-state index contributed by atoms with van der Waals surface area (Å²) in [6, 6.07) is 12.0. The van der Waals surface area contributed by atoms with E-state index < -0.39 is 0 Å². The summed E-state index contributed by atoms with van der Waals surface area (Å²) in [5.41, 5.74) is 8.71. The number of methoxy groups -OCH3 is 1. The van der Waals surface area contributed by atoms with E-state index in [1.54, 1.807) is 19.2 Å². The van der Waals surface area contributed by atoms with E-state index in [4.69, 9.17) is 10.5 Å². The first-order valence-corrected chi connectivity index (χ1v) is 6.67. The number of imidazole rings is 1. The number of ether oxygens (including phenoxy) is 1. The SMILES string of the molecule is COc1ccc2nc(N)n(C(C)c3ccc(F)cc3)c2c1. The molecule has 1 unspecified atom stereocenters. The Balaban J connectivity index is 2.14. The molecule has 4 nitrogen and oxygen atoms in total. The highest BCUT2D eigenvalue weighted by molar-refractivity contribution is 5.80. The van der Waals surface area contributed by atoms with Gasteiger partial charge in [0, 0.05) is 6.07 Å². The zero-order valence-corrected chi connectivity index (χ0v) is 11.9. The Bertz CT molecular complexity index is 780. The third-order valence-electron chi connectivity index (χ3n) is 3.66. The maximum Gasteiger partial charge on any atom is 0.201 e. The molecular weight excluding hydrogens is 269 g/mol. The number of hydrogen-bond acceptors (Lipinski definition) is 3. The van der Waals surface area contributed by atoms with Gasteiger partial charge in [-0.25, -0.2) is 9.37 Å². The average molecular weight is 285 g/mol. The number of rotatable bonds is 3. The van der Waals surface area contributed by atoms with Gasteiger partial charge < -0.3 is 15.0 Å². The fourth-order valence-corrected chi connectivity index (χ4v) is 2.52. The van der Waals surface area contributed by atoms with Crippen LogP contribution in [0, 0.1) is 5.82 Å². The topological polar surface area (TPSA) is 53.1 Å². The average Bonchev–Trinajstić information content (AvgIpc) is 2.82. The third-order valence-corrected chi connectivity index (χ3v) is 3.66. The highest BCUT2D eigenvalue weighted by Gasteiger charge is 2.16. The van der Waals surface area contributed by atoms with Gasteiger partial charge in [0.15, 0.2) is 0 Å². The molecule has 108 valence electrons. The molecule has 1 heterocycles. The molecule has 5 heteroatoms. The van der Waals surface area contributed by atoms with Crippen molar-refractivity contribution in [1.29, 1.82) is 0 Å². The van der Waals surface area contributed by atoms with Crippen molar-refractivity contribution in [2.24, 2.45) is 0 Å². The van der Waals surface area contributed by atoms with Gasteiger partial charge in [-0.15, -0.1) is 0 Å². The minimum atomic E-state index is -0.254. The largest absolute Gasteiger partial charge is 0.497 e. The summed E-state index contributed by atoms with van der Waals surface area (Å²) in [5, 5.41) is 0. The van der Waals surface area contributed by atoms with E-state index in [0.717, 1.165) is 22.3 Å². The Hall–Kier alpha value is -2.56. The maximum atomic E-state index is 13.1. The van der Waals surface area contributed by atoms with Crippen molar-refractivity contribution < 1.29 is 9.13 Å². The van der Waals surface area contributed by atoms with Gasteiger partial charge >= 0.3 is 0 Å². The predicted octanol–water partition coefficient (Wildman–Crippen LogP) is 3.38. The van der Waals surface area contributed by atoms with Gasteiger partial charge in [-0.3, -0.25) is 0 Å². The molecule has 3 aromatic rings. The monoisotopic (exact) mass is 285 g/mol. The lowest BCUT2D eigenvalue weighted by atomic mass is 10.1. The van der Waals surface area contributed by atoms with Crippen LogP contribution in [0.1, 0.15) is 18.5 Å². The van der Waals surface area contributed by atoms with E-state index in [1.165, 1.54) is 12.1 Å². The second-order valence-corrected chi connectivity index (χ2v) is 4.92. The Morgan fingerprint density at radius 3 is 2.57 bits per heavy atom. The van der Waals surface area contributed by atoms with Gasteiger partial charge in [-0.2, -0.15) is 0 Å². The first-order chi connectivity index (χ1) is 10.1. The van der Waals surface area contributed by atoms with Crippen LogP contribution in [0.2, 0.25) is 0 Å². The molecule has 21 heavy (non-hydrogen) atoms. The number of anilines is 1. The molecule has 0 saturated carbocycles. The van der Waals surface area contributed by atoms with Gasteiger partial charge in [0.2, 0.25) is 5.95 Å². The zero-order valence-electron chi connectivity index (χ0n) is 11.9. The quantitative estimate of drug-likeness (QED) is 0.802. The number of nitrogens with zero attached hydrogens (tertiary/aromatic N) is 2. The Kier molecular flexibility index (Phi) is 3.25. The van der Waals surface area contributed by atoms with Crippen molar-refractivity contribution in [3.63, 3.8) is 0 Å². The molecule has 0 amide bonds. The Labute approximate surface area is 122 Å². The number of hydrogen-bond donors (Lipinski definition) is 1. The van der Waals surface area contributed by atoms with Crippen LogP contribution in [-0.2, 0) is 0 Å². The molecule has 0 spiro atoms. The van der Waals surface area contributed by atoms with Crippen LogP contribution in [0.15, 0.2) is 42.5 Å². The van der Waals surface area contributed by atoms with Crippen molar-refractivity contribution in [2.45, 2.75) is 13.0 Å². The Morgan fingerprint density at radius 2 is 1.90 bits per heavy atom. The second kappa shape index (κ2) is 5.09. The molecule has 2 N–H and O–H groups in total. The molecule has 0 saturated heterocycles. The van der Waals surface area contributed by atoms with Crippen molar-refractivity contribution in [3.8, 4) is 5.75 Å². The minimum Gasteiger partial charge on any atom is -0.497 e. The molecule has 2 aromatic carbocycles. The first kappa shape index (κ1) is 13.4. The number of nitrogen functional groups attached to an aromatic ring is 1. The molecule has 1 aromatic heterocycles. The van der Waals surface area contributed by atoms with Crippen molar-refractivity contribution in [2.75, 3.05) is 12.8 Å². The third kappa shape index (κ3) is 2.31. The first-order valence-electron chi connectivity index (χ1n) is 6.67. The van der Waals surface area contributed by atoms with E-state index in [2.05, 4.69) is 4.98 Å². The van der Waals surface area contributed by atoms with E-state index in [-0.39, 0.29) is 11.9 Å². The highest BCUT2D eigenvalue weighted by atomic mass is 19.1. The second-order valence-electron chi connectivity index (χ2n) is 4.92. The van der Waals surface area contributed by atoms with Crippen LogP contribution in [0.5, 0.6) is 5.75 Å². The molecule has 0 fully saturated rings. The zero-order chi connectivity index (χ0) is 15.0. The lowest BCUT2D eigenvalue weighted by Gasteiger charge is -2.16. The van der Waals surface area contributed by atoms with E-state index in [9.17, 15) is 4.39 Å². The fraction of sp³-hybridized carbons (Fsp3) is 0.188. The molecule has 0 aliphatic heterocycles. The standard InChI is InChI=1S/C16H16FN3O/c1-10(11-3-5-12(17)6-4-11)20-15-9-13(21-2)7-8-14(15)19-16(20)18/h3-10H,1-2H3,(H2,18,19). The van der Waals surface area contributed by atoms with E-state index >= 15 is 0 Å². The summed E-state index contributed by atoms with van der Waals surface area (Å²) in [6.07, 6.45) is 0. The Morgan fingerprint density at radius 1 is 1.19 bits per heavy atom. The number of nitrogens with two attached hydrogens (primary N) is 1. The molecule has 0 bridgehead atoms. The fourth-order valence-electron chi connectivity index (χ4n) is 2.52. The lowest BCUT2D eigenvalue weighted by molar-refractivity contribution is 0.415. The van der Waals surface area contributed by atoms with Crippen LogP contribution >= 0.6 is 0 Å². The van der Waals surface area contributed by atoms with Crippen molar-refractivity contribution in [3.05, 3.63) is 53.8 Å². The normalized spacial score (nSPS) is 12.5. The van der Waals surface area contributed by atoms with Gasteiger partial charge in [0.1, 0.15) is 11.6 Å². The molecule has 3 rings (SSSR count). The van der Waals surface area contributed by atoms with Crippen molar-refractivity contribution >= 4 is 17.0 Å². The van der Waals surface area contributed by atoms with E-state index in [1.807, 2.05) is 29.7 Å². The van der Waals surface area contributed by atoms with Crippen LogP contribution < -0.4 is 10.5 Å². The van der Waals surface area contributed by atoms with Crippen LogP contribution in [0.4, 0.5) is 10.3 Å². The number of fused-ring (bicyclic) bond motifs is 1. The predicted molar refractivity (Wildman–Crippen MR) is 80.9 cm³/mol. The van der Waals surface area contributed by atoms with Crippen molar-refractivity contribution in [1.82, 2.24) is 9.55 Å². The molecule has 1 atom stereocenters. The maximum absolute atomic E-state index is 13.1. The molecule has 0 aliphatic rings. The minimum absolute atomic E-state index is 0.0530. The number of halogens is 1. The van der Waals surface area contributed by atoms with Crippen LogP contribution in [0.25, 0.3) is 11.0 Å². The highest BCUT2D eigenvalue weighted by Crippen LogP contribution is 2.29. The number of aromatic nitrogens is 2. The molecule has 0 aliphatic carbocycles. The molecule has 0 radical (unpaired) electrons. The summed E-state index contributed by atoms with van der Waals surface area (Å²) < 4.78 is 20.2. The summed E-state index contributed by atoms with van der Waals surface area (Å²) in [4.78, 5) is 4.36. The summed E-state index contributed by atoms with van der Waals surface area (Å²) in [6.45, 7) is 2.00. The smallest absolute Gasteiger partial charge is 0.201 e. The van der Waals surface area contributed by atoms with Crippen LogP contribution in [0.3, 0.4) is 0 Å². The summed E-state index contributed by atoms with van der Waals surface area (Å²) >= 11 is 0. The summed E-state index contributed by atoms with van der Waals surface area (Å²) in [7, 11) is 1.62. The van der Waals surface area contributed by atoms with E-state index in [0.29, 0.717) is 5.95 Å². The van der Waals surface area contributed by atoms with Crippen LogP contribution in [-0.4, -0.2) is 16.7 Å². The van der Waals surface area contributed by atoms with Gasteiger partial charge in [-0.1, -0.05) is 12.1 Å². The number of benzene rings is 2. The molecular formula is C16H16FN3O.